The van der Waals surface area contributed by atoms with E-state index in [2.05, 4.69) is 24.1 Å². The van der Waals surface area contributed by atoms with E-state index >= 15 is 0 Å². The predicted molar refractivity (Wildman–Crippen MR) is 82.3 cm³/mol. The van der Waals surface area contributed by atoms with Gasteiger partial charge in [0.2, 0.25) is 5.91 Å². The van der Waals surface area contributed by atoms with Crippen LogP contribution in [0.3, 0.4) is 0 Å². The van der Waals surface area contributed by atoms with Gasteiger partial charge in [-0.1, -0.05) is 13.8 Å². The van der Waals surface area contributed by atoms with Crippen molar-refractivity contribution in [1.82, 2.24) is 10.2 Å². The first-order valence-electron chi connectivity index (χ1n) is 8.32. The van der Waals surface area contributed by atoms with E-state index in [4.69, 9.17) is 5.73 Å². The topological polar surface area (TPSA) is 58.4 Å². The lowest BCUT2D eigenvalue weighted by Gasteiger charge is -2.45. The van der Waals surface area contributed by atoms with Crippen molar-refractivity contribution in [3.8, 4) is 0 Å². The molecule has 0 aromatic heterocycles. The molecule has 0 saturated carbocycles. The number of fused-ring (bicyclic) bond motifs is 3. The number of hydrogen-bond donors (Lipinski definition) is 2. The van der Waals surface area contributed by atoms with Crippen molar-refractivity contribution in [3.05, 3.63) is 0 Å². The molecule has 0 aromatic rings. The lowest BCUT2D eigenvalue weighted by molar-refractivity contribution is -0.123. The number of carbonyl (C=O) groups is 1. The molecule has 3 aliphatic rings. The number of amides is 1. The van der Waals surface area contributed by atoms with Crippen molar-refractivity contribution in [2.24, 2.45) is 23.5 Å². The fraction of sp³-hybridized carbons (Fsp3) is 0.938. The molecule has 0 aromatic carbocycles. The molecule has 3 aliphatic heterocycles. The average Bonchev–Trinajstić information content (AvgIpc) is 2.44. The van der Waals surface area contributed by atoms with Crippen molar-refractivity contribution in [2.75, 3.05) is 26.2 Å². The van der Waals surface area contributed by atoms with Crippen LogP contribution in [0.1, 0.15) is 46.0 Å². The predicted octanol–water partition coefficient (Wildman–Crippen LogP) is 1.60. The molecule has 20 heavy (non-hydrogen) atoms. The van der Waals surface area contributed by atoms with Crippen LogP contribution < -0.4 is 11.1 Å². The molecule has 116 valence electrons. The van der Waals surface area contributed by atoms with Crippen LogP contribution >= 0.6 is 0 Å². The molecular formula is C16H31N3O. The number of nitrogens with one attached hydrogen (secondary N) is 1. The zero-order valence-corrected chi connectivity index (χ0v) is 13.1. The van der Waals surface area contributed by atoms with Crippen LogP contribution in [-0.4, -0.2) is 43.0 Å². The van der Waals surface area contributed by atoms with E-state index in [1.165, 1.54) is 25.9 Å². The zero-order valence-electron chi connectivity index (χ0n) is 13.1. The third kappa shape index (κ3) is 4.19. The van der Waals surface area contributed by atoms with E-state index in [0.717, 1.165) is 25.9 Å². The molecular weight excluding hydrogens is 250 g/mol. The standard InChI is InChI=1S/C16H31N3O/c1-12(2)13(5-8-17)3-4-16(20)18-15-11-19-9-6-14(15)7-10-19/h12-15H,3-11,17H2,1-2H3,(H,18,20). The van der Waals surface area contributed by atoms with Crippen molar-refractivity contribution in [2.45, 2.75) is 52.0 Å². The molecule has 0 radical (unpaired) electrons. The van der Waals surface area contributed by atoms with E-state index < -0.39 is 0 Å². The van der Waals surface area contributed by atoms with Crippen LogP contribution in [0, 0.1) is 17.8 Å². The minimum atomic E-state index is 0.242. The van der Waals surface area contributed by atoms with E-state index in [9.17, 15) is 4.79 Å². The van der Waals surface area contributed by atoms with Crippen LogP contribution in [0.25, 0.3) is 0 Å². The van der Waals surface area contributed by atoms with Gasteiger partial charge in [0.25, 0.3) is 0 Å². The average molecular weight is 281 g/mol. The molecule has 2 atom stereocenters. The summed E-state index contributed by atoms with van der Waals surface area (Å²) in [5.74, 6) is 2.15. The van der Waals surface area contributed by atoms with Crippen LogP contribution in [0.5, 0.6) is 0 Å². The maximum atomic E-state index is 12.2. The first-order valence-corrected chi connectivity index (χ1v) is 8.32. The van der Waals surface area contributed by atoms with E-state index in [1.54, 1.807) is 0 Å². The Labute approximate surface area is 123 Å². The van der Waals surface area contributed by atoms with Crippen molar-refractivity contribution < 1.29 is 4.79 Å². The maximum absolute atomic E-state index is 12.2. The Balaban J connectivity index is 1.72. The molecule has 2 unspecified atom stereocenters. The molecule has 1 amide bonds. The van der Waals surface area contributed by atoms with Crippen LogP contribution in [-0.2, 0) is 4.79 Å². The summed E-state index contributed by atoms with van der Waals surface area (Å²) < 4.78 is 0. The van der Waals surface area contributed by atoms with Gasteiger partial charge in [-0.05, 0) is 63.1 Å². The number of carbonyl (C=O) groups excluding carboxylic acids is 1. The molecule has 2 bridgehead atoms. The monoisotopic (exact) mass is 281 g/mol. The molecule has 0 aliphatic carbocycles. The highest BCUT2D eigenvalue weighted by Gasteiger charge is 2.34. The van der Waals surface area contributed by atoms with E-state index in [-0.39, 0.29) is 5.91 Å². The van der Waals surface area contributed by atoms with Gasteiger partial charge in [-0.25, -0.2) is 0 Å². The Bertz CT molecular complexity index is 311. The molecule has 4 nitrogen and oxygen atoms in total. The molecule has 3 rings (SSSR count). The quantitative estimate of drug-likeness (QED) is 0.745. The van der Waals surface area contributed by atoms with Crippen LogP contribution in [0.2, 0.25) is 0 Å². The van der Waals surface area contributed by atoms with Gasteiger partial charge in [-0.15, -0.1) is 0 Å². The van der Waals surface area contributed by atoms with Gasteiger partial charge in [0.1, 0.15) is 0 Å². The van der Waals surface area contributed by atoms with E-state index in [1.807, 2.05) is 0 Å². The lowest BCUT2D eigenvalue weighted by atomic mass is 9.83. The Morgan fingerprint density at radius 3 is 2.50 bits per heavy atom. The third-order valence-corrected chi connectivity index (χ3v) is 5.23. The van der Waals surface area contributed by atoms with Gasteiger partial charge < -0.3 is 16.0 Å². The van der Waals surface area contributed by atoms with Crippen LogP contribution in [0.4, 0.5) is 0 Å². The van der Waals surface area contributed by atoms with Crippen molar-refractivity contribution in [3.63, 3.8) is 0 Å². The SMILES string of the molecule is CC(C)C(CCN)CCC(=O)NC1CN2CCC1CC2. The summed E-state index contributed by atoms with van der Waals surface area (Å²) in [6.07, 6.45) is 5.18. The molecule has 0 spiro atoms. The van der Waals surface area contributed by atoms with Crippen LogP contribution in [0.15, 0.2) is 0 Å². The smallest absolute Gasteiger partial charge is 0.220 e. The highest BCUT2D eigenvalue weighted by Crippen LogP contribution is 2.27. The second-order valence-electron chi connectivity index (χ2n) is 6.93. The summed E-state index contributed by atoms with van der Waals surface area (Å²) >= 11 is 0. The lowest BCUT2D eigenvalue weighted by Crippen LogP contribution is -2.57. The van der Waals surface area contributed by atoms with Gasteiger partial charge in [-0.3, -0.25) is 4.79 Å². The normalized spacial score (nSPS) is 30.5. The summed E-state index contributed by atoms with van der Waals surface area (Å²) in [4.78, 5) is 14.6. The molecule has 3 heterocycles. The molecule has 3 N–H and O–H groups in total. The Morgan fingerprint density at radius 1 is 1.30 bits per heavy atom. The number of piperidine rings is 3. The fourth-order valence-electron chi connectivity index (χ4n) is 3.75. The summed E-state index contributed by atoms with van der Waals surface area (Å²) in [5.41, 5.74) is 5.66. The first kappa shape index (κ1) is 15.8. The van der Waals surface area contributed by atoms with Gasteiger partial charge in [0.05, 0.1) is 0 Å². The van der Waals surface area contributed by atoms with Crippen molar-refractivity contribution >= 4 is 5.91 Å². The summed E-state index contributed by atoms with van der Waals surface area (Å²) in [5, 5.41) is 3.27. The second-order valence-corrected chi connectivity index (χ2v) is 6.93. The van der Waals surface area contributed by atoms with Gasteiger partial charge >= 0.3 is 0 Å². The summed E-state index contributed by atoms with van der Waals surface area (Å²) in [6, 6.07) is 0.400. The third-order valence-electron chi connectivity index (χ3n) is 5.23. The maximum Gasteiger partial charge on any atom is 0.220 e. The highest BCUT2D eigenvalue weighted by atomic mass is 16.1. The minimum absolute atomic E-state index is 0.242. The molecule has 3 saturated heterocycles. The number of rotatable bonds is 7. The van der Waals surface area contributed by atoms with E-state index in [0.29, 0.717) is 30.2 Å². The second kappa shape index (κ2) is 7.41. The van der Waals surface area contributed by atoms with Gasteiger partial charge in [-0.2, -0.15) is 0 Å². The minimum Gasteiger partial charge on any atom is -0.352 e. The largest absolute Gasteiger partial charge is 0.352 e. The summed E-state index contributed by atoms with van der Waals surface area (Å²) in [7, 11) is 0. The number of nitrogens with zero attached hydrogens (tertiary/aromatic N) is 1. The van der Waals surface area contributed by atoms with Gasteiger partial charge in [0, 0.05) is 19.0 Å². The number of hydrogen-bond acceptors (Lipinski definition) is 3. The summed E-state index contributed by atoms with van der Waals surface area (Å²) in [6.45, 7) is 8.69. The van der Waals surface area contributed by atoms with Gasteiger partial charge in [0.15, 0.2) is 0 Å². The molecule has 4 heteroatoms. The highest BCUT2D eigenvalue weighted by molar-refractivity contribution is 5.76. The Morgan fingerprint density at radius 2 is 2.00 bits per heavy atom. The number of nitrogens with two attached hydrogens (primary N) is 1. The molecule has 3 fully saturated rings. The fourth-order valence-corrected chi connectivity index (χ4v) is 3.75. The zero-order chi connectivity index (χ0) is 14.5. The van der Waals surface area contributed by atoms with Crippen molar-refractivity contribution in [1.29, 1.82) is 0 Å². The Hall–Kier alpha value is -0.610. The Kier molecular flexibility index (Phi) is 5.85. The first-order chi connectivity index (χ1) is 9.60.